The van der Waals surface area contributed by atoms with Crippen molar-refractivity contribution in [3.8, 4) is 11.6 Å². The van der Waals surface area contributed by atoms with Gasteiger partial charge in [-0.2, -0.15) is 4.98 Å². The van der Waals surface area contributed by atoms with Crippen LogP contribution in [0.1, 0.15) is 25.7 Å². The molecule has 1 N–H and O–H groups in total. The van der Waals surface area contributed by atoms with Crippen LogP contribution in [-0.4, -0.2) is 21.4 Å². The van der Waals surface area contributed by atoms with E-state index in [1.807, 2.05) is 6.92 Å². The Bertz CT molecular complexity index is 420. The van der Waals surface area contributed by atoms with Crippen molar-refractivity contribution < 1.29 is 14.0 Å². The van der Waals surface area contributed by atoms with Crippen LogP contribution in [-0.2, 0) is 0 Å². The van der Waals surface area contributed by atoms with Crippen molar-refractivity contribution in [1.29, 1.82) is 0 Å². The van der Waals surface area contributed by atoms with Gasteiger partial charge in [0.25, 0.3) is 0 Å². The highest BCUT2D eigenvalue weighted by Gasteiger charge is 2.20. The summed E-state index contributed by atoms with van der Waals surface area (Å²) in [5, 5.41) is 13.1. The molecule has 0 saturated heterocycles. The molecular formula is C10H12N2O3. The fourth-order valence-electron chi connectivity index (χ4n) is 1.13. The molecule has 0 bridgehead atoms. The average molecular weight is 208 g/mol. The van der Waals surface area contributed by atoms with Gasteiger partial charge in [0.05, 0.1) is 18.3 Å². The van der Waals surface area contributed by atoms with E-state index >= 15 is 0 Å². The van der Waals surface area contributed by atoms with Crippen molar-refractivity contribution in [2.45, 2.75) is 25.9 Å². The Morgan fingerprint density at radius 2 is 2.20 bits per heavy atom. The van der Waals surface area contributed by atoms with Crippen molar-refractivity contribution in [3.05, 3.63) is 24.3 Å². The average Bonchev–Trinajstić information content (AvgIpc) is 2.86. The van der Waals surface area contributed by atoms with Crippen LogP contribution in [0.3, 0.4) is 0 Å². The zero-order chi connectivity index (χ0) is 10.8. The minimum absolute atomic E-state index is 0.179. The van der Waals surface area contributed by atoms with E-state index in [4.69, 9.17) is 8.94 Å². The highest BCUT2D eigenvalue weighted by molar-refractivity contribution is 5.44. The number of rotatable bonds is 3. The second-order valence-electron chi connectivity index (χ2n) is 3.46. The Morgan fingerprint density at radius 3 is 2.80 bits per heavy atom. The molecule has 2 rings (SSSR count). The SMILES string of the molecule is CC(O)C(C)c1nc(-c2ccco2)no1. The molecule has 2 atom stereocenters. The van der Waals surface area contributed by atoms with Gasteiger partial charge < -0.3 is 14.0 Å². The van der Waals surface area contributed by atoms with Crippen LogP contribution >= 0.6 is 0 Å². The number of hydrogen-bond donors (Lipinski definition) is 1. The maximum Gasteiger partial charge on any atom is 0.238 e. The van der Waals surface area contributed by atoms with Crippen molar-refractivity contribution >= 4 is 0 Å². The lowest BCUT2D eigenvalue weighted by atomic mass is 10.1. The molecule has 0 spiro atoms. The molecule has 2 aromatic rings. The van der Waals surface area contributed by atoms with E-state index in [0.29, 0.717) is 17.5 Å². The van der Waals surface area contributed by atoms with Crippen LogP contribution in [0, 0.1) is 0 Å². The van der Waals surface area contributed by atoms with Gasteiger partial charge >= 0.3 is 0 Å². The summed E-state index contributed by atoms with van der Waals surface area (Å²) in [4.78, 5) is 4.14. The Kier molecular flexibility index (Phi) is 2.55. The molecule has 80 valence electrons. The molecule has 0 radical (unpaired) electrons. The molecule has 2 aromatic heterocycles. The summed E-state index contributed by atoms with van der Waals surface area (Å²) >= 11 is 0. The van der Waals surface area contributed by atoms with E-state index in [9.17, 15) is 5.11 Å². The van der Waals surface area contributed by atoms with Crippen LogP contribution in [0.2, 0.25) is 0 Å². The van der Waals surface area contributed by atoms with E-state index in [-0.39, 0.29) is 5.92 Å². The van der Waals surface area contributed by atoms with Crippen molar-refractivity contribution in [3.63, 3.8) is 0 Å². The second kappa shape index (κ2) is 3.86. The molecule has 0 aromatic carbocycles. The smallest absolute Gasteiger partial charge is 0.238 e. The number of nitrogens with zero attached hydrogens (tertiary/aromatic N) is 2. The molecule has 0 aliphatic rings. The normalized spacial score (nSPS) is 15.1. The lowest BCUT2D eigenvalue weighted by Gasteiger charge is -2.07. The first-order chi connectivity index (χ1) is 7.18. The second-order valence-corrected chi connectivity index (χ2v) is 3.46. The van der Waals surface area contributed by atoms with Gasteiger partial charge in [-0.25, -0.2) is 0 Å². The number of furan rings is 1. The Labute approximate surface area is 86.7 Å². The van der Waals surface area contributed by atoms with E-state index in [1.165, 1.54) is 0 Å². The van der Waals surface area contributed by atoms with E-state index in [1.54, 1.807) is 25.3 Å². The summed E-state index contributed by atoms with van der Waals surface area (Å²) in [5.74, 6) is 1.20. The van der Waals surface area contributed by atoms with Crippen LogP contribution < -0.4 is 0 Å². The summed E-state index contributed by atoms with van der Waals surface area (Å²) in [6.45, 7) is 3.51. The lowest BCUT2D eigenvalue weighted by molar-refractivity contribution is 0.151. The van der Waals surface area contributed by atoms with Crippen molar-refractivity contribution in [1.82, 2.24) is 10.1 Å². The molecule has 2 unspecified atom stereocenters. The lowest BCUT2D eigenvalue weighted by Crippen LogP contribution is -2.11. The third kappa shape index (κ3) is 1.92. The third-order valence-corrected chi connectivity index (χ3v) is 2.30. The maximum absolute atomic E-state index is 9.36. The molecule has 0 fully saturated rings. The van der Waals surface area contributed by atoms with Gasteiger partial charge in [-0.3, -0.25) is 0 Å². The van der Waals surface area contributed by atoms with Crippen LogP contribution in [0.5, 0.6) is 0 Å². The first-order valence-electron chi connectivity index (χ1n) is 4.74. The van der Waals surface area contributed by atoms with Crippen LogP contribution in [0.25, 0.3) is 11.6 Å². The van der Waals surface area contributed by atoms with E-state index in [0.717, 1.165) is 0 Å². The fourth-order valence-corrected chi connectivity index (χ4v) is 1.13. The van der Waals surface area contributed by atoms with Crippen molar-refractivity contribution in [2.75, 3.05) is 0 Å². The molecular weight excluding hydrogens is 196 g/mol. The summed E-state index contributed by atoms with van der Waals surface area (Å²) in [6, 6.07) is 3.51. The van der Waals surface area contributed by atoms with Gasteiger partial charge in [0.1, 0.15) is 0 Å². The van der Waals surface area contributed by atoms with Gasteiger partial charge in [0, 0.05) is 0 Å². The first-order valence-corrected chi connectivity index (χ1v) is 4.74. The van der Waals surface area contributed by atoms with Crippen LogP contribution in [0.15, 0.2) is 27.3 Å². The van der Waals surface area contributed by atoms with Gasteiger partial charge in [-0.05, 0) is 19.1 Å². The predicted octanol–water partition coefficient (Wildman–Crippen LogP) is 1.81. The summed E-state index contributed by atoms with van der Waals surface area (Å²) in [7, 11) is 0. The highest BCUT2D eigenvalue weighted by atomic mass is 16.5. The van der Waals surface area contributed by atoms with Crippen molar-refractivity contribution in [2.24, 2.45) is 0 Å². The fraction of sp³-hybridized carbons (Fsp3) is 0.400. The predicted molar refractivity (Wildman–Crippen MR) is 52.1 cm³/mol. The van der Waals surface area contributed by atoms with E-state index in [2.05, 4.69) is 10.1 Å². The van der Waals surface area contributed by atoms with Gasteiger partial charge in [0.2, 0.25) is 11.7 Å². The Morgan fingerprint density at radius 1 is 1.40 bits per heavy atom. The summed E-state index contributed by atoms with van der Waals surface area (Å²) in [6.07, 6.45) is 1.03. The topological polar surface area (TPSA) is 72.3 Å². The standard InChI is InChI=1S/C10H12N2O3/c1-6(7(2)13)10-11-9(12-15-10)8-4-3-5-14-8/h3-7,13H,1-2H3. The number of aromatic nitrogens is 2. The molecule has 0 aliphatic heterocycles. The molecule has 5 heteroatoms. The number of hydrogen-bond acceptors (Lipinski definition) is 5. The molecule has 15 heavy (non-hydrogen) atoms. The molecule has 0 aliphatic carbocycles. The molecule has 5 nitrogen and oxygen atoms in total. The summed E-state index contributed by atoms with van der Waals surface area (Å²) in [5.41, 5.74) is 0. The highest BCUT2D eigenvalue weighted by Crippen LogP contribution is 2.21. The number of aliphatic hydroxyl groups excluding tert-OH is 1. The first kappa shape index (κ1) is 9.92. The monoisotopic (exact) mass is 208 g/mol. The zero-order valence-electron chi connectivity index (χ0n) is 8.54. The third-order valence-electron chi connectivity index (χ3n) is 2.30. The van der Waals surface area contributed by atoms with Gasteiger partial charge in [0.15, 0.2) is 5.76 Å². The summed E-state index contributed by atoms with van der Waals surface area (Å²) < 4.78 is 10.2. The molecule has 0 amide bonds. The van der Waals surface area contributed by atoms with Gasteiger partial charge in [-0.1, -0.05) is 12.1 Å². The zero-order valence-corrected chi connectivity index (χ0v) is 8.54. The van der Waals surface area contributed by atoms with Gasteiger partial charge in [-0.15, -0.1) is 0 Å². The van der Waals surface area contributed by atoms with E-state index < -0.39 is 6.10 Å². The molecule has 0 saturated carbocycles. The Hall–Kier alpha value is -1.62. The number of aliphatic hydroxyl groups is 1. The largest absolute Gasteiger partial charge is 0.461 e. The maximum atomic E-state index is 9.36. The quantitative estimate of drug-likeness (QED) is 0.832. The minimum Gasteiger partial charge on any atom is -0.461 e. The Balaban J connectivity index is 2.25. The van der Waals surface area contributed by atoms with Crippen LogP contribution in [0.4, 0.5) is 0 Å². The molecule has 2 heterocycles. The minimum atomic E-state index is -0.519.